The highest BCUT2D eigenvalue weighted by Crippen LogP contribution is 2.21. The van der Waals surface area contributed by atoms with Crippen molar-refractivity contribution in [3.63, 3.8) is 0 Å². The van der Waals surface area contributed by atoms with Gasteiger partial charge in [-0.05, 0) is 37.5 Å². The van der Waals surface area contributed by atoms with Crippen molar-refractivity contribution in [2.75, 3.05) is 13.7 Å². The van der Waals surface area contributed by atoms with Crippen molar-refractivity contribution in [3.05, 3.63) is 34.9 Å². The van der Waals surface area contributed by atoms with Gasteiger partial charge in [-0.2, -0.15) is 0 Å². The van der Waals surface area contributed by atoms with Crippen molar-refractivity contribution in [2.45, 2.75) is 32.2 Å². The molecule has 0 spiro atoms. The molecule has 0 radical (unpaired) electrons. The van der Waals surface area contributed by atoms with E-state index in [1.165, 1.54) is 0 Å². The van der Waals surface area contributed by atoms with Gasteiger partial charge >= 0.3 is 0 Å². The maximum Gasteiger partial charge on any atom is 0.222 e. The second-order valence-corrected chi connectivity index (χ2v) is 4.85. The van der Waals surface area contributed by atoms with E-state index in [2.05, 4.69) is 0 Å². The molecule has 100 valence electrons. The van der Waals surface area contributed by atoms with Gasteiger partial charge < -0.3 is 10.0 Å². The summed E-state index contributed by atoms with van der Waals surface area (Å²) < 4.78 is 0. The maximum absolute atomic E-state index is 11.9. The summed E-state index contributed by atoms with van der Waals surface area (Å²) in [6.07, 6.45) is 1.89. The van der Waals surface area contributed by atoms with Gasteiger partial charge in [0.15, 0.2) is 0 Å². The van der Waals surface area contributed by atoms with E-state index in [4.69, 9.17) is 16.7 Å². The van der Waals surface area contributed by atoms with Gasteiger partial charge in [-0.25, -0.2) is 0 Å². The normalized spacial score (nSPS) is 12.2. The van der Waals surface area contributed by atoms with Crippen LogP contribution in [0.5, 0.6) is 0 Å². The summed E-state index contributed by atoms with van der Waals surface area (Å²) >= 11 is 5.84. The highest BCUT2D eigenvalue weighted by atomic mass is 35.5. The second kappa shape index (κ2) is 7.39. The molecule has 0 aliphatic heterocycles. The van der Waals surface area contributed by atoms with Gasteiger partial charge in [-0.1, -0.05) is 23.7 Å². The fraction of sp³-hybridized carbons (Fsp3) is 0.500. The molecule has 0 aliphatic carbocycles. The first kappa shape index (κ1) is 15.0. The zero-order valence-corrected chi connectivity index (χ0v) is 11.7. The molecule has 0 aliphatic rings. The summed E-state index contributed by atoms with van der Waals surface area (Å²) in [5.41, 5.74) is 1.07. The molecule has 0 saturated heterocycles. The van der Waals surface area contributed by atoms with E-state index in [0.29, 0.717) is 17.9 Å². The van der Waals surface area contributed by atoms with Gasteiger partial charge in [0.05, 0.1) is 6.04 Å². The summed E-state index contributed by atoms with van der Waals surface area (Å²) in [5.74, 6) is 0.103. The molecule has 0 saturated carbocycles. The topological polar surface area (TPSA) is 40.5 Å². The van der Waals surface area contributed by atoms with Crippen molar-refractivity contribution in [1.82, 2.24) is 4.90 Å². The molecule has 4 heteroatoms. The number of hydrogen-bond acceptors (Lipinski definition) is 2. The molecule has 0 fully saturated rings. The quantitative estimate of drug-likeness (QED) is 0.807. The van der Waals surface area contributed by atoms with Gasteiger partial charge in [0.25, 0.3) is 0 Å². The molecule has 0 bridgehead atoms. The van der Waals surface area contributed by atoms with Gasteiger partial charge in [0.2, 0.25) is 5.91 Å². The summed E-state index contributed by atoms with van der Waals surface area (Å²) in [7, 11) is 1.81. The molecule has 1 aromatic carbocycles. The van der Waals surface area contributed by atoms with E-state index < -0.39 is 0 Å². The third-order valence-electron chi connectivity index (χ3n) is 3.13. The van der Waals surface area contributed by atoms with Crippen LogP contribution in [0.15, 0.2) is 24.3 Å². The van der Waals surface area contributed by atoms with E-state index in [1.807, 2.05) is 31.2 Å². The monoisotopic (exact) mass is 269 g/mol. The fourth-order valence-corrected chi connectivity index (χ4v) is 1.87. The number of hydrogen-bond donors (Lipinski definition) is 1. The lowest BCUT2D eigenvalue weighted by Crippen LogP contribution is -2.29. The number of rotatable bonds is 6. The molecule has 1 atom stereocenters. The maximum atomic E-state index is 11.9. The van der Waals surface area contributed by atoms with Crippen molar-refractivity contribution < 1.29 is 9.90 Å². The smallest absolute Gasteiger partial charge is 0.222 e. The number of aliphatic hydroxyl groups excluding tert-OH is 1. The van der Waals surface area contributed by atoms with Crippen LogP contribution in [-0.4, -0.2) is 29.6 Å². The summed E-state index contributed by atoms with van der Waals surface area (Å²) in [6, 6.07) is 7.56. The van der Waals surface area contributed by atoms with E-state index >= 15 is 0 Å². The molecule has 18 heavy (non-hydrogen) atoms. The number of carbonyl (C=O) groups excluding carboxylic acids is 1. The number of carbonyl (C=O) groups is 1. The minimum atomic E-state index is 0.0314. The second-order valence-electron chi connectivity index (χ2n) is 4.41. The van der Waals surface area contributed by atoms with Gasteiger partial charge in [-0.15, -0.1) is 0 Å². The molecule has 1 aromatic rings. The predicted octanol–water partition coefficient (Wildman–Crippen LogP) is 3.02. The zero-order chi connectivity index (χ0) is 13.5. The standard InChI is InChI=1S/C14H20ClNO2/c1-11(12-6-8-13(15)9-7-12)16(2)14(18)5-3-4-10-17/h6-9,11,17H,3-5,10H2,1-2H3. The minimum Gasteiger partial charge on any atom is -0.396 e. The average Bonchev–Trinajstić information content (AvgIpc) is 2.38. The molecule has 1 rings (SSSR count). The third kappa shape index (κ3) is 4.31. The minimum absolute atomic E-state index is 0.0314. The van der Waals surface area contributed by atoms with Crippen LogP contribution in [0.4, 0.5) is 0 Å². The number of aliphatic hydroxyl groups is 1. The third-order valence-corrected chi connectivity index (χ3v) is 3.38. The lowest BCUT2D eigenvalue weighted by atomic mass is 10.1. The SMILES string of the molecule is CC(c1ccc(Cl)cc1)N(C)C(=O)CCCCO. The van der Waals surface area contributed by atoms with Gasteiger partial charge in [0, 0.05) is 25.1 Å². The van der Waals surface area contributed by atoms with E-state index in [1.54, 1.807) is 11.9 Å². The Morgan fingerprint density at radius 3 is 2.50 bits per heavy atom. The lowest BCUT2D eigenvalue weighted by Gasteiger charge is -2.25. The van der Waals surface area contributed by atoms with Crippen LogP contribution in [0.25, 0.3) is 0 Å². The van der Waals surface area contributed by atoms with E-state index in [-0.39, 0.29) is 18.6 Å². The van der Waals surface area contributed by atoms with Crippen molar-refractivity contribution in [3.8, 4) is 0 Å². The van der Waals surface area contributed by atoms with Crippen LogP contribution in [0.1, 0.15) is 37.8 Å². The number of unbranched alkanes of at least 4 members (excludes halogenated alkanes) is 1. The molecule has 3 nitrogen and oxygen atoms in total. The first-order valence-electron chi connectivity index (χ1n) is 6.18. The van der Waals surface area contributed by atoms with E-state index in [0.717, 1.165) is 12.0 Å². The average molecular weight is 270 g/mol. The molecule has 0 aromatic heterocycles. The predicted molar refractivity (Wildman–Crippen MR) is 73.6 cm³/mol. The summed E-state index contributed by atoms with van der Waals surface area (Å²) in [4.78, 5) is 13.7. The van der Waals surface area contributed by atoms with Crippen LogP contribution in [-0.2, 0) is 4.79 Å². The van der Waals surface area contributed by atoms with Crippen molar-refractivity contribution >= 4 is 17.5 Å². The van der Waals surface area contributed by atoms with Crippen molar-refractivity contribution in [2.24, 2.45) is 0 Å². The Labute approximate surface area is 113 Å². The Kier molecular flexibility index (Phi) is 6.16. The van der Waals surface area contributed by atoms with Crippen LogP contribution in [0.2, 0.25) is 5.02 Å². The summed E-state index contributed by atoms with van der Waals surface area (Å²) in [5, 5.41) is 9.39. The molecular formula is C14H20ClNO2. The molecule has 1 N–H and O–H groups in total. The largest absolute Gasteiger partial charge is 0.396 e. The molecule has 1 unspecified atom stereocenters. The molecule has 1 amide bonds. The lowest BCUT2D eigenvalue weighted by molar-refractivity contribution is -0.131. The van der Waals surface area contributed by atoms with Crippen LogP contribution in [0, 0.1) is 0 Å². The Morgan fingerprint density at radius 2 is 1.94 bits per heavy atom. The Balaban J connectivity index is 2.57. The van der Waals surface area contributed by atoms with E-state index in [9.17, 15) is 4.79 Å². The number of amides is 1. The number of nitrogens with zero attached hydrogens (tertiary/aromatic N) is 1. The molecule has 0 heterocycles. The highest BCUT2D eigenvalue weighted by molar-refractivity contribution is 6.30. The summed E-state index contributed by atoms with van der Waals surface area (Å²) in [6.45, 7) is 2.14. The number of benzene rings is 1. The first-order valence-corrected chi connectivity index (χ1v) is 6.56. The Morgan fingerprint density at radius 1 is 1.33 bits per heavy atom. The van der Waals surface area contributed by atoms with Crippen LogP contribution < -0.4 is 0 Å². The Hall–Kier alpha value is -1.06. The van der Waals surface area contributed by atoms with Crippen LogP contribution in [0.3, 0.4) is 0 Å². The number of halogens is 1. The van der Waals surface area contributed by atoms with Gasteiger partial charge in [-0.3, -0.25) is 4.79 Å². The zero-order valence-electron chi connectivity index (χ0n) is 10.9. The molecular weight excluding hydrogens is 250 g/mol. The fourth-order valence-electron chi connectivity index (χ4n) is 1.75. The Bertz CT molecular complexity index is 378. The van der Waals surface area contributed by atoms with Gasteiger partial charge in [0.1, 0.15) is 0 Å². The highest BCUT2D eigenvalue weighted by Gasteiger charge is 2.16. The van der Waals surface area contributed by atoms with Crippen molar-refractivity contribution in [1.29, 1.82) is 0 Å². The van der Waals surface area contributed by atoms with Crippen LogP contribution >= 0.6 is 11.6 Å². The first-order chi connectivity index (χ1) is 8.56.